The van der Waals surface area contributed by atoms with E-state index < -0.39 is 22.5 Å². The Morgan fingerprint density at radius 2 is 2.00 bits per heavy atom. The zero-order valence-corrected chi connectivity index (χ0v) is 15.6. The van der Waals surface area contributed by atoms with Gasteiger partial charge in [0.25, 0.3) is 0 Å². The number of nitrogens with zero attached hydrogens (tertiary/aromatic N) is 2. The van der Waals surface area contributed by atoms with Crippen LogP contribution in [-0.2, 0) is 14.8 Å². The SMILES string of the molecule is C=CCN(CC(=O)Nc1cccc(C#N)c1)S(=O)(=O)c1ccc(OC)cc1. The molecule has 0 unspecified atom stereocenters. The molecule has 1 amide bonds. The molecule has 1 N–H and O–H groups in total. The van der Waals surface area contributed by atoms with Crippen LogP contribution in [0.1, 0.15) is 5.56 Å². The van der Waals surface area contributed by atoms with Crippen molar-refractivity contribution in [2.45, 2.75) is 4.90 Å². The van der Waals surface area contributed by atoms with E-state index in [-0.39, 0.29) is 11.4 Å². The quantitative estimate of drug-likeness (QED) is 0.703. The van der Waals surface area contributed by atoms with E-state index in [2.05, 4.69) is 11.9 Å². The van der Waals surface area contributed by atoms with Crippen molar-refractivity contribution in [3.8, 4) is 11.8 Å². The minimum Gasteiger partial charge on any atom is -0.497 e. The highest BCUT2D eigenvalue weighted by molar-refractivity contribution is 7.89. The fourth-order valence-corrected chi connectivity index (χ4v) is 3.68. The van der Waals surface area contributed by atoms with Gasteiger partial charge < -0.3 is 10.1 Å². The molecule has 0 saturated carbocycles. The molecule has 0 atom stereocenters. The van der Waals surface area contributed by atoms with Gasteiger partial charge in [-0.1, -0.05) is 12.1 Å². The molecule has 7 nitrogen and oxygen atoms in total. The van der Waals surface area contributed by atoms with E-state index in [0.29, 0.717) is 17.0 Å². The van der Waals surface area contributed by atoms with Gasteiger partial charge in [0, 0.05) is 12.2 Å². The lowest BCUT2D eigenvalue weighted by Crippen LogP contribution is -2.38. The minimum absolute atomic E-state index is 0.0278. The van der Waals surface area contributed by atoms with E-state index >= 15 is 0 Å². The van der Waals surface area contributed by atoms with Crippen LogP contribution in [0.2, 0.25) is 0 Å². The van der Waals surface area contributed by atoms with E-state index in [9.17, 15) is 13.2 Å². The second-order valence-electron chi connectivity index (χ2n) is 5.50. The normalized spacial score (nSPS) is 10.9. The van der Waals surface area contributed by atoms with Gasteiger partial charge in [-0.3, -0.25) is 4.79 Å². The van der Waals surface area contributed by atoms with Crippen LogP contribution in [0.25, 0.3) is 0 Å². The van der Waals surface area contributed by atoms with Gasteiger partial charge in [-0.25, -0.2) is 8.42 Å². The van der Waals surface area contributed by atoms with Gasteiger partial charge in [0.15, 0.2) is 0 Å². The smallest absolute Gasteiger partial charge is 0.243 e. The monoisotopic (exact) mass is 385 g/mol. The van der Waals surface area contributed by atoms with Gasteiger partial charge >= 0.3 is 0 Å². The highest BCUT2D eigenvalue weighted by Crippen LogP contribution is 2.19. The van der Waals surface area contributed by atoms with Crippen molar-refractivity contribution in [1.82, 2.24) is 4.31 Å². The summed E-state index contributed by atoms with van der Waals surface area (Å²) in [6.07, 6.45) is 1.41. The third-order valence-electron chi connectivity index (χ3n) is 3.63. The van der Waals surface area contributed by atoms with Crippen LogP contribution in [0.4, 0.5) is 5.69 Å². The maximum absolute atomic E-state index is 12.8. The Morgan fingerprint density at radius 3 is 2.59 bits per heavy atom. The molecule has 0 aliphatic carbocycles. The maximum Gasteiger partial charge on any atom is 0.243 e. The van der Waals surface area contributed by atoms with Gasteiger partial charge in [0.1, 0.15) is 5.75 Å². The fraction of sp³-hybridized carbons (Fsp3) is 0.158. The first-order chi connectivity index (χ1) is 12.9. The zero-order valence-electron chi connectivity index (χ0n) is 14.8. The Hall–Kier alpha value is -3.15. The van der Waals surface area contributed by atoms with Crippen LogP contribution in [-0.4, -0.2) is 38.8 Å². The Morgan fingerprint density at radius 1 is 1.30 bits per heavy atom. The number of nitriles is 1. The number of carbonyl (C=O) groups is 1. The van der Waals surface area contributed by atoms with Crippen LogP contribution in [0.5, 0.6) is 5.75 Å². The second kappa shape index (κ2) is 8.98. The number of rotatable bonds is 8. The lowest BCUT2D eigenvalue weighted by atomic mass is 10.2. The van der Waals surface area contributed by atoms with E-state index in [0.717, 1.165) is 4.31 Å². The highest BCUT2D eigenvalue weighted by atomic mass is 32.2. The molecule has 0 bridgehead atoms. The molecule has 0 aliphatic heterocycles. The van der Waals surface area contributed by atoms with Gasteiger partial charge in [0.2, 0.25) is 15.9 Å². The fourth-order valence-electron chi connectivity index (χ4n) is 2.32. The van der Waals surface area contributed by atoms with Gasteiger partial charge in [0.05, 0.1) is 30.2 Å². The van der Waals surface area contributed by atoms with Crippen molar-refractivity contribution in [2.75, 3.05) is 25.5 Å². The van der Waals surface area contributed by atoms with Crippen molar-refractivity contribution in [3.63, 3.8) is 0 Å². The molecule has 0 spiro atoms. The Balaban J connectivity index is 2.18. The molecule has 0 fully saturated rings. The summed E-state index contributed by atoms with van der Waals surface area (Å²) in [5.41, 5.74) is 0.807. The molecule has 0 saturated heterocycles. The molecular weight excluding hydrogens is 366 g/mol. The predicted molar refractivity (Wildman–Crippen MR) is 102 cm³/mol. The van der Waals surface area contributed by atoms with Crippen molar-refractivity contribution >= 4 is 21.6 Å². The summed E-state index contributed by atoms with van der Waals surface area (Å²) >= 11 is 0. The maximum atomic E-state index is 12.8. The van der Waals surface area contributed by atoms with E-state index in [1.54, 1.807) is 18.2 Å². The molecule has 2 aromatic carbocycles. The number of anilines is 1. The van der Waals surface area contributed by atoms with Crippen LogP contribution < -0.4 is 10.1 Å². The second-order valence-corrected chi connectivity index (χ2v) is 7.44. The van der Waals surface area contributed by atoms with Crippen molar-refractivity contribution in [3.05, 3.63) is 66.7 Å². The average Bonchev–Trinajstić information content (AvgIpc) is 2.67. The van der Waals surface area contributed by atoms with Crippen LogP contribution in [0.15, 0.2) is 66.1 Å². The summed E-state index contributed by atoms with van der Waals surface area (Å²) in [4.78, 5) is 12.4. The Labute approximate surface area is 158 Å². The van der Waals surface area contributed by atoms with E-state index in [1.165, 1.54) is 43.5 Å². The van der Waals surface area contributed by atoms with E-state index in [4.69, 9.17) is 10.00 Å². The molecule has 8 heteroatoms. The van der Waals surface area contributed by atoms with Gasteiger partial charge in [-0.15, -0.1) is 6.58 Å². The van der Waals surface area contributed by atoms with Crippen molar-refractivity contribution < 1.29 is 17.9 Å². The number of methoxy groups -OCH3 is 1. The molecule has 2 rings (SSSR count). The van der Waals surface area contributed by atoms with Crippen LogP contribution >= 0.6 is 0 Å². The van der Waals surface area contributed by atoms with Crippen LogP contribution in [0.3, 0.4) is 0 Å². The number of hydrogen-bond acceptors (Lipinski definition) is 5. The Kier molecular flexibility index (Phi) is 6.71. The summed E-state index contributed by atoms with van der Waals surface area (Å²) in [5, 5.41) is 11.5. The summed E-state index contributed by atoms with van der Waals surface area (Å²) in [7, 11) is -2.41. The molecule has 0 aromatic heterocycles. The van der Waals surface area contributed by atoms with Gasteiger partial charge in [-0.2, -0.15) is 9.57 Å². The number of ether oxygens (including phenoxy) is 1. The molecule has 140 valence electrons. The van der Waals surface area contributed by atoms with Gasteiger partial charge in [-0.05, 0) is 42.5 Å². The predicted octanol–water partition coefficient (Wildman–Crippen LogP) is 2.38. The highest BCUT2D eigenvalue weighted by Gasteiger charge is 2.25. The molecule has 2 aromatic rings. The average molecular weight is 385 g/mol. The first-order valence-corrected chi connectivity index (χ1v) is 9.40. The first kappa shape index (κ1) is 20.2. The third kappa shape index (κ3) is 5.17. The number of benzene rings is 2. The number of sulfonamides is 1. The number of hydrogen-bond donors (Lipinski definition) is 1. The van der Waals surface area contributed by atoms with E-state index in [1.807, 2.05) is 6.07 Å². The summed E-state index contributed by atoms with van der Waals surface area (Å²) in [6.45, 7) is 3.14. The first-order valence-electron chi connectivity index (χ1n) is 7.96. The summed E-state index contributed by atoms with van der Waals surface area (Å²) in [6, 6.07) is 14.2. The minimum atomic E-state index is -3.90. The van der Waals surface area contributed by atoms with Crippen LogP contribution in [0, 0.1) is 11.3 Å². The Bertz CT molecular complexity index is 963. The van der Waals surface area contributed by atoms with Crippen molar-refractivity contribution in [1.29, 1.82) is 5.26 Å². The zero-order chi connectivity index (χ0) is 19.9. The number of carbonyl (C=O) groups excluding carboxylic acids is 1. The summed E-state index contributed by atoms with van der Waals surface area (Å²) in [5.74, 6) is 0.00312. The molecule has 0 radical (unpaired) electrons. The topological polar surface area (TPSA) is 99.5 Å². The third-order valence-corrected chi connectivity index (χ3v) is 5.45. The number of nitrogens with one attached hydrogen (secondary N) is 1. The molecule has 0 heterocycles. The molecule has 0 aliphatic rings. The standard InChI is InChI=1S/C19H19N3O4S/c1-3-11-22(27(24,25)18-9-7-17(26-2)8-10-18)14-19(23)21-16-6-4-5-15(12-16)13-20/h3-10,12H,1,11,14H2,2H3,(H,21,23). The molecule has 27 heavy (non-hydrogen) atoms. The summed E-state index contributed by atoms with van der Waals surface area (Å²) < 4.78 is 31.7. The largest absolute Gasteiger partial charge is 0.497 e. The molecular formula is C19H19N3O4S. The number of amides is 1. The van der Waals surface area contributed by atoms with Crippen molar-refractivity contribution in [2.24, 2.45) is 0 Å². The lowest BCUT2D eigenvalue weighted by Gasteiger charge is -2.20. The lowest BCUT2D eigenvalue weighted by molar-refractivity contribution is -0.116.